The fourth-order valence-electron chi connectivity index (χ4n) is 4.34. The number of carbonyl (C=O) groups is 1. The highest BCUT2D eigenvalue weighted by atomic mass is 79.9. The van der Waals surface area contributed by atoms with Crippen molar-refractivity contribution in [2.24, 2.45) is 4.99 Å². The molecule has 0 saturated carbocycles. The molecule has 0 unspecified atom stereocenters. The van der Waals surface area contributed by atoms with Crippen LogP contribution < -0.4 is 14.2 Å². The van der Waals surface area contributed by atoms with E-state index in [4.69, 9.17) is 23.9 Å². The number of ether oxygens (including phenoxy) is 4. The van der Waals surface area contributed by atoms with Gasteiger partial charge in [0.05, 0.1) is 42.4 Å². The third kappa shape index (κ3) is 6.75. The number of fused-ring (bicyclic) bond motifs is 1. The average Bonchev–Trinajstić information content (AvgIpc) is 3.28. The van der Waals surface area contributed by atoms with Crippen molar-refractivity contribution in [1.82, 2.24) is 4.90 Å². The van der Waals surface area contributed by atoms with Gasteiger partial charge in [-0.05, 0) is 98.1 Å². The van der Waals surface area contributed by atoms with Crippen molar-refractivity contribution in [3.05, 3.63) is 99.4 Å². The van der Waals surface area contributed by atoms with E-state index >= 15 is 0 Å². The molecular weight excluding hydrogens is 604 g/mol. The number of aliphatic imine (C=N–C) groups is 1. The number of thioether (sulfide) groups is 1. The predicted molar refractivity (Wildman–Crippen MR) is 168 cm³/mol. The van der Waals surface area contributed by atoms with Gasteiger partial charge in [-0.3, -0.25) is 9.69 Å². The van der Waals surface area contributed by atoms with Crippen LogP contribution in [0.5, 0.6) is 17.2 Å². The van der Waals surface area contributed by atoms with Crippen LogP contribution in [0.25, 0.3) is 16.8 Å². The van der Waals surface area contributed by atoms with Crippen molar-refractivity contribution >= 4 is 61.3 Å². The van der Waals surface area contributed by atoms with Crippen LogP contribution in [0.3, 0.4) is 0 Å². The number of hydrogen-bond donors (Lipinski definition) is 0. The molecule has 41 heavy (non-hydrogen) atoms. The van der Waals surface area contributed by atoms with E-state index in [0.717, 1.165) is 32.4 Å². The van der Waals surface area contributed by atoms with Gasteiger partial charge in [-0.15, -0.1) is 0 Å². The number of amidine groups is 1. The van der Waals surface area contributed by atoms with Crippen molar-refractivity contribution in [2.45, 2.75) is 6.61 Å². The van der Waals surface area contributed by atoms with Crippen LogP contribution in [0.4, 0.5) is 5.69 Å². The van der Waals surface area contributed by atoms with Crippen LogP contribution in [0.1, 0.15) is 11.1 Å². The van der Waals surface area contributed by atoms with Gasteiger partial charge in [-0.1, -0.05) is 36.4 Å². The standard InChI is InChI=1S/C32H29BrN2O5S/c1-37-15-14-35-31(36)29(41-32(35)34-25-10-12-26(38-2)13-11-25)19-22-17-27(33)30(28(18-22)39-3)40-20-21-8-9-23-6-4-5-7-24(23)16-21/h4-13,16-19H,14-15,20H2,1-3H3/b29-19-,34-32?. The normalized spacial score (nSPS) is 15.2. The molecule has 0 atom stereocenters. The molecule has 0 aromatic heterocycles. The Morgan fingerprint density at radius 1 is 0.927 bits per heavy atom. The molecule has 1 saturated heterocycles. The first kappa shape index (κ1) is 28.7. The first-order valence-electron chi connectivity index (χ1n) is 12.9. The van der Waals surface area contributed by atoms with Gasteiger partial charge in [0.15, 0.2) is 16.7 Å². The number of nitrogens with zero attached hydrogens (tertiary/aromatic N) is 2. The maximum atomic E-state index is 13.4. The summed E-state index contributed by atoms with van der Waals surface area (Å²) in [6, 6.07) is 25.7. The van der Waals surface area contributed by atoms with E-state index in [9.17, 15) is 4.79 Å². The average molecular weight is 634 g/mol. The molecule has 1 heterocycles. The molecule has 210 valence electrons. The monoisotopic (exact) mass is 632 g/mol. The summed E-state index contributed by atoms with van der Waals surface area (Å²) in [5.74, 6) is 1.76. The Morgan fingerprint density at radius 2 is 1.71 bits per heavy atom. The Bertz CT molecular complexity index is 1620. The highest BCUT2D eigenvalue weighted by molar-refractivity contribution is 9.10. The molecule has 0 radical (unpaired) electrons. The third-order valence-corrected chi connectivity index (χ3v) is 8.05. The first-order valence-corrected chi connectivity index (χ1v) is 14.5. The Hall–Kier alpha value is -3.79. The summed E-state index contributed by atoms with van der Waals surface area (Å²) in [5.41, 5.74) is 2.57. The van der Waals surface area contributed by atoms with Gasteiger partial charge in [-0.2, -0.15) is 0 Å². The topological polar surface area (TPSA) is 69.6 Å². The highest BCUT2D eigenvalue weighted by Gasteiger charge is 2.33. The molecule has 1 aliphatic heterocycles. The van der Waals surface area contributed by atoms with Crippen LogP contribution in [0.2, 0.25) is 0 Å². The predicted octanol–water partition coefficient (Wildman–Crippen LogP) is 7.45. The summed E-state index contributed by atoms with van der Waals surface area (Å²) in [5, 5.41) is 2.93. The van der Waals surface area contributed by atoms with Crippen LogP contribution in [-0.2, 0) is 16.1 Å². The smallest absolute Gasteiger partial charge is 0.266 e. The number of carbonyl (C=O) groups excluding carboxylic acids is 1. The number of methoxy groups -OCH3 is 3. The molecule has 0 bridgehead atoms. The summed E-state index contributed by atoms with van der Waals surface area (Å²) < 4.78 is 23.1. The second kappa shape index (κ2) is 13.2. The van der Waals surface area contributed by atoms with Gasteiger partial charge in [-0.25, -0.2) is 4.99 Å². The van der Waals surface area contributed by atoms with Crippen LogP contribution in [0, 0.1) is 0 Å². The van der Waals surface area contributed by atoms with E-state index in [1.165, 1.54) is 17.1 Å². The molecule has 1 aliphatic rings. The van der Waals surface area contributed by atoms with Crippen LogP contribution >= 0.6 is 27.7 Å². The second-order valence-corrected chi connectivity index (χ2v) is 11.0. The van der Waals surface area contributed by atoms with Crippen molar-refractivity contribution in [1.29, 1.82) is 0 Å². The van der Waals surface area contributed by atoms with E-state index in [2.05, 4.69) is 46.3 Å². The minimum Gasteiger partial charge on any atom is -0.497 e. The summed E-state index contributed by atoms with van der Waals surface area (Å²) in [7, 11) is 4.83. The van der Waals surface area contributed by atoms with Crippen molar-refractivity contribution < 1.29 is 23.7 Å². The summed E-state index contributed by atoms with van der Waals surface area (Å²) in [4.78, 5) is 20.3. The summed E-state index contributed by atoms with van der Waals surface area (Å²) in [6.45, 7) is 1.17. The number of hydrogen-bond acceptors (Lipinski definition) is 7. The molecule has 1 amide bonds. The fourth-order valence-corrected chi connectivity index (χ4v) is 5.94. The number of halogens is 1. The maximum absolute atomic E-state index is 13.4. The molecular formula is C32H29BrN2O5S. The van der Waals surface area contributed by atoms with Gasteiger partial charge >= 0.3 is 0 Å². The quantitative estimate of drug-likeness (QED) is 0.169. The van der Waals surface area contributed by atoms with E-state index in [-0.39, 0.29) is 5.91 Å². The molecule has 0 aliphatic carbocycles. The maximum Gasteiger partial charge on any atom is 0.266 e. The van der Waals surface area contributed by atoms with Crippen molar-refractivity contribution in [3.63, 3.8) is 0 Å². The highest BCUT2D eigenvalue weighted by Crippen LogP contribution is 2.40. The molecule has 9 heteroatoms. The lowest BCUT2D eigenvalue weighted by Crippen LogP contribution is -2.32. The first-order chi connectivity index (χ1) is 20.0. The zero-order chi connectivity index (χ0) is 28.8. The van der Waals surface area contributed by atoms with Gasteiger partial charge in [0.1, 0.15) is 12.4 Å². The lowest BCUT2D eigenvalue weighted by molar-refractivity contribution is -0.122. The Kier molecular flexibility index (Phi) is 9.28. The summed E-state index contributed by atoms with van der Waals surface area (Å²) >= 11 is 4.97. The van der Waals surface area contributed by atoms with Gasteiger partial charge in [0, 0.05) is 7.11 Å². The SMILES string of the molecule is COCCN1C(=O)/C(=C/c2cc(Br)c(OCc3ccc4ccccc4c3)c(OC)c2)SC1=Nc1ccc(OC)cc1. The van der Waals surface area contributed by atoms with E-state index in [1.54, 1.807) is 26.2 Å². The molecule has 0 N–H and O–H groups in total. The van der Waals surface area contributed by atoms with Gasteiger partial charge in [0.2, 0.25) is 0 Å². The largest absolute Gasteiger partial charge is 0.497 e. The molecule has 4 aromatic rings. The lowest BCUT2D eigenvalue weighted by Gasteiger charge is -2.15. The van der Waals surface area contributed by atoms with Crippen molar-refractivity contribution in [2.75, 3.05) is 34.5 Å². The zero-order valence-electron chi connectivity index (χ0n) is 22.9. The molecule has 0 spiro atoms. The van der Waals surface area contributed by atoms with E-state index < -0.39 is 0 Å². The third-order valence-electron chi connectivity index (χ3n) is 6.45. The number of rotatable bonds is 10. The van der Waals surface area contributed by atoms with Crippen LogP contribution in [0.15, 0.2) is 93.2 Å². The minimum atomic E-state index is -0.133. The molecule has 5 rings (SSSR count). The summed E-state index contributed by atoms with van der Waals surface area (Å²) in [6.07, 6.45) is 1.84. The van der Waals surface area contributed by atoms with E-state index in [0.29, 0.717) is 41.3 Å². The second-order valence-electron chi connectivity index (χ2n) is 9.16. The molecule has 7 nitrogen and oxygen atoms in total. The number of amides is 1. The van der Waals surface area contributed by atoms with Gasteiger partial charge in [0.25, 0.3) is 5.91 Å². The minimum absolute atomic E-state index is 0.133. The fraction of sp³-hybridized carbons (Fsp3) is 0.188. The lowest BCUT2D eigenvalue weighted by atomic mass is 10.1. The Morgan fingerprint density at radius 3 is 2.44 bits per heavy atom. The molecule has 4 aromatic carbocycles. The van der Waals surface area contributed by atoms with Crippen LogP contribution in [-0.4, -0.2) is 50.5 Å². The van der Waals surface area contributed by atoms with E-state index in [1.807, 2.05) is 54.6 Å². The van der Waals surface area contributed by atoms with Crippen molar-refractivity contribution in [3.8, 4) is 17.2 Å². The number of benzene rings is 4. The van der Waals surface area contributed by atoms with Gasteiger partial charge < -0.3 is 18.9 Å². The Balaban J connectivity index is 1.38. The molecule has 1 fully saturated rings. The zero-order valence-corrected chi connectivity index (χ0v) is 25.3. The Labute approximate surface area is 251 Å².